The van der Waals surface area contributed by atoms with Crippen LogP contribution in [-0.4, -0.2) is 48.3 Å². The lowest BCUT2D eigenvalue weighted by Crippen LogP contribution is -2.49. The van der Waals surface area contributed by atoms with E-state index in [9.17, 15) is 5.11 Å². The number of nitrogens with zero attached hydrogens (tertiary/aromatic N) is 1. The van der Waals surface area contributed by atoms with Crippen molar-refractivity contribution < 1.29 is 5.11 Å². The molecule has 1 fully saturated rings. The Bertz CT molecular complexity index is 225. The first-order valence-corrected chi connectivity index (χ1v) is 8.23. The maximum Gasteiger partial charge on any atom is 0.0613 e. The van der Waals surface area contributed by atoms with Crippen LogP contribution in [0.15, 0.2) is 0 Å². The van der Waals surface area contributed by atoms with Gasteiger partial charge in [0, 0.05) is 11.6 Å². The molecule has 0 aromatic rings. The Morgan fingerprint density at radius 1 is 1.16 bits per heavy atom. The highest BCUT2D eigenvalue weighted by Crippen LogP contribution is 2.26. The topological polar surface area (TPSA) is 35.5 Å². The smallest absolute Gasteiger partial charge is 0.0613 e. The zero-order chi connectivity index (χ0) is 14.1. The van der Waals surface area contributed by atoms with Crippen molar-refractivity contribution in [3.63, 3.8) is 0 Å². The second-order valence-corrected chi connectivity index (χ2v) is 6.32. The van der Waals surface area contributed by atoms with E-state index < -0.39 is 0 Å². The molecule has 1 atom stereocenters. The van der Waals surface area contributed by atoms with Crippen LogP contribution in [0, 0.1) is 0 Å². The lowest BCUT2D eigenvalue weighted by molar-refractivity contribution is 0.138. The molecule has 0 spiro atoms. The molecule has 1 aliphatic carbocycles. The van der Waals surface area contributed by atoms with Crippen LogP contribution in [0.4, 0.5) is 0 Å². The van der Waals surface area contributed by atoms with Crippen LogP contribution in [0.25, 0.3) is 0 Å². The van der Waals surface area contributed by atoms with Crippen LogP contribution in [0.2, 0.25) is 0 Å². The fourth-order valence-corrected chi connectivity index (χ4v) is 2.68. The number of nitrogens with one attached hydrogen (secondary N) is 1. The van der Waals surface area contributed by atoms with Gasteiger partial charge in [0.25, 0.3) is 0 Å². The van der Waals surface area contributed by atoms with Crippen molar-refractivity contribution in [2.75, 3.05) is 26.7 Å². The molecule has 0 aliphatic heterocycles. The van der Waals surface area contributed by atoms with Crippen molar-refractivity contribution in [1.29, 1.82) is 0 Å². The monoisotopic (exact) mass is 270 g/mol. The summed E-state index contributed by atoms with van der Waals surface area (Å²) >= 11 is 0. The Hall–Kier alpha value is -0.120. The summed E-state index contributed by atoms with van der Waals surface area (Å²) in [5, 5.41) is 13.4. The summed E-state index contributed by atoms with van der Waals surface area (Å²) < 4.78 is 0. The molecule has 1 aliphatic rings. The Balaban J connectivity index is 2.19. The van der Waals surface area contributed by atoms with Crippen molar-refractivity contribution in [1.82, 2.24) is 10.2 Å². The zero-order valence-electron chi connectivity index (χ0n) is 13.2. The molecule has 2 N–H and O–H groups in total. The van der Waals surface area contributed by atoms with Crippen LogP contribution < -0.4 is 5.32 Å². The highest BCUT2D eigenvalue weighted by atomic mass is 16.3. The molecule has 0 aromatic heterocycles. The van der Waals surface area contributed by atoms with Gasteiger partial charge in [0.05, 0.1) is 6.61 Å². The molecule has 1 rings (SSSR count). The highest BCUT2D eigenvalue weighted by molar-refractivity contribution is 4.94. The average Bonchev–Trinajstić information content (AvgIpc) is 3.22. The van der Waals surface area contributed by atoms with Crippen LogP contribution >= 0.6 is 0 Å². The van der Waals surface area contributed by atoms with Gasteiger partial charge in [-0.05, 0) is 58.7 Å². The van der Waals surface area contributed by atoms with Gasteiger partial charge in [0.1, 0.15) is 0 Å². The summed E-state index contributed by atoms with van der Waals surface area (Å²) in [5.41, 5.74) is -0.0224. The predicted octanol–water partition coefficient (Wildman–Crippen LogP) is 2.78. The average molecular weight is 270 g/mol. The van der Waals surface area contributed by atoms with E-state index in [0.29, 0.717) is 6.04 Å². The largest absolute Gasteiger partial charge is 0.394 e. The Morgan fingerprint density at radius 2 is 1.84 bits per heavy atom. The number of aliphatic hydroxyl groups excluding tert-OH is 1. The van der Waals surface area contributed by atoms with Crippen molar-refractivity contribution in [2.45, 2.75) is 76.8 Å². The molecule has 0 radical (unpaired) electrons. The van der Waals surface area contributed by atoms with Gasteiger partial charge in [-0.1, -0.05) is 26.7 Å². The molecule has 0 heterocycles. The molecule has 0 aromatic carbocycles. The van der Waals surface area contributed by atoms with Crippen molar-refractivity contribution >= 4 is 0 Å². The molecule has 3 nitrogen and oxygen atoms in total. The van der Waals surface area contributed by atoms with Gasteiger partial charge in [-0.3, -0.25) is 0 Å². The molecule has 1 unspecified atom stereocenters. The normalized spacial score (nSPS) is 18.8. The molecule has 0 saturated heterocycles. The summed E-state index contributed by atoms with van der Waals surface area (Å²) in [7, 11) is 2.22. The Morgan fingerprint density at radius 3 is 2.37 bits per heavy atom. The zero-order valence-corrected chi connectivity index (χ0v) is 13.2. The standard InChI is InChI=1S/C16H34N2O/c1-4-6-7-12-18(3)13-8-11-16(5-2,14-19)17-15-9-10-15/h15,17,19H,4-14H2,1-3H3. The number of hydrogen-bond acceptors (Lipinski definition) is 3. The van der Waals surface area contributed by atoms with Crippen LogP contribution in [0.3, 0.4) is 0 Å². The van der Waals surface area contributed by atoms with Gasteiger partial charge in [0.2, 0.25) is 0 Å². The van der Waals surface area contributed by atoms with Crippen LogP contribution in [-0.2, 0) is 0 Å². The molecular weight excluding hydrogens is 236 g/mol. The molecule has 19 heavy (non-hydrogen) atoms. The first-order chi connectivity index (χ1) is 9.15. The lowest BCUT2D eigenvalue weighted by atomic mass is 9.91. The van der Waals surface area contributed by atoms with Crippen LogP contribution in [0.1, 0.15) is 65.2 Å². The van der Waals surface area contributed by atoms with Gasteiger partial charge in [-0.15, -0.1) is 0 Å². The third-order valence-electron chi connectivity index (χ3n) is 4.41. The van der Waals surface area contributed by atoms with Crippen LogP contribution in [0.5, 0.6) is 0 Å². The van der Waals surface area contributed by atoms with Crippen molar-refractivity contribution in [3.05, 3.63) is 0 Å². The third-order valence-corrected chi connectivity index (χ3v) is 4.41. The molecule has 114 valence electrons. The summed E-state index contributed by atoms with van der Waals surface area (Å²) in [6.07, 6.45) is 9.82. The van der Waals surface area contributed by atoms with Gasteiger partial charge in [-0.2, -0.15) is 0 Å². The lowest BCUT2D eigenvalue weighted by Gasteiger charge is -2.33. The molecule has 3 heteroatoms. The van der Waals surface area contributed by atoms with E-state index in [1.165, 1.54) is 45.1 Å². The quantitative estimate of drug-likeness (QED) is 0.535. The second kappa shape index (κ2) is 8.93. The minimum absolute atomic E-state index is 0.0224. The Labute approximate surface area is 119 Å². The van der Waals surface area contributed by atoms with E-state index in [1.54, 1.807) is 0 Å². The van der Waals surface area contributed by atoms with E-state index >= 15 is 0 Å². The van der Waals surface area contributed by atoms with Gasteiger partial charge >= 0.3 is 0 Å². The molecule has 0 amide bonds. The number of rotatable bonds is 12. The third kappa shape index (κ3) is 6.73. The van der Waals surface area contributed by atoms with Crippen molar-refractivity contribution in [3.8, 4) is 0 Å². The fourth-order valence-electron chi connectivity index (χ4n) is 2.68. The maximum absolute atomic E-state index is 9.72. The Kier molecular flexibility index (Phi) is 7.96. The first kappa shape index (κ1) is 16.9. The molecule has 1 saturated carbocycles. The fraction of sp³-hybridized carbons (Fsp3) is 1.00. The summed E-state index contributed by atoms with van der Waals surface area (Å²) in [6, 6.07) is 0.675. The van der Waals surface area contributed by atoms with E-state index in [0.717, 1.165) is 19.4 Å². The number of hydrogen-bond donors (Lipinski definition) is 2. The first-order valence-electron chi connectivity index (χ1n) is 8.23. The SMILES string of the molecule is CCCCCN(C)CCCC(CC)(CO)NC1CC1. The van der Waals surface area contributed by atoms with Gasteiger partial charge in [0.15, 0.2) is 0 Å². The van der Waals surface area contributed by atoms with Gasteiger partial charge in [-0.25, -0.2) is 0 Å². The number of aliphatic hydroxyl groups is 1. The summed E-state index contributed by atoms with van der Waals surface area (Å²) in [5.74, 6) is 0. The second-order valence-electron chi connectivity index (χ2n) is 6.32. The minimum atomic E-state index is -0.0224. The van der Waals surface area contributed by atoms with E-state index in [1.807, 2.05) is 0 Å². The highest BCUT2D eigenvalue weighted by Gasteiger charge is 2.33. The van der Waals surface area contributed by atoms with E-state index in [-0.39, 0.29) is 12.1 Å². The van der Waals surface area contributed by atoms with E-state index in [4.69, 9.17) is 0 Å². The summed E-state index contributed by atoms with van der Waals surface area (Å²) in [6.45, 7) is 7.08. The predicted molar refractivity (Wildman–Crippen MR) is 82.5 cm³/mol. The summed E-state index contributed by atoms with van der Waals surface area (Å²) in [4.78, 5) is 2.44. The number of unbranched alkanes of at least 4 members (excludes halogenated alkanes) is 2. The van der Waals surface area contributed by atoms with E-state index in [2.05, 4.69) is 31.1 Å². The minimum Gasteiger partial charge on any atom is -0.394 e. The van der Waals surface area contributed by atoms with Gasteiger partial charge < -0.3 is 15.3 Å². The maximum atomic E-state index is 9.72. The molecular formula is C16H34N2O. The van der Waals surface area contributed by atoms with Crippen molar-refractivity contribution in [2.24, 2.45) is 0 Å². The molecule has 0 bridgehead atoms.